The minimum atomic E-state index is 0.612. The molecule has 12 rings (SSSR count). The van der Waals surface area contributed by atoms with Crippen molar-refractivity contribution < 1.29 is 4.42 Å². The van der Waals surface area contributed by atoms with Gasteiger partial charge in [-0.25, -0.2) is 15.0 Å². The maximum Gasteiger partial charge on any atom is 0.164 e. The number of hydrogen-bond donors (Lipinski definition) is 0. The minimum absolute atomic E-state index is 0.612. The van der Waals surface area contributed by atoms with E-state index in [1.54, 1.807) is 0 Å². The van der Waals surface area contributed by atoms with E-state index in [0.717, 1.165) is 72.1 Å². The third-order valence-corrected chi connectivity index (χ3v) is 11.9. The van der Waals surface area contributed by atoms with Crippen LogP contribution in [-0.2, 0) is 0 Å². The molecule has 62 heavy (non-hydrogen) atoms. The van der Waals surface area contributed by atoms with Crippen molar-refractivity contribution in [1.29, 1.82) is 0 Å². The molecule has 0 amide bonds. The van der Waals surface area contributed by atoms with Crippen LogP contribution in [0.5, 0.6) is 0 Å². The van der Waals surface area contributed by atoms with Gasteiger partial charge in [-0.05, 0) is 75.8 Å². The predicted molar refractivity (Wildman–Crippen MR) is 254 cm³/mol. The number of aromatic nitrogens is 4. The summed E-state index contributed by atoms with van der Waals surface area (Å²) in [4.78, 5) is 15.2. The van der Waals surface area contributed by atoms with Gasteiger partial charge in [-0.2, -0.15) is 0 Å². The number of fused-ring (bicyclic) bond motifs is 7. The number of rotatable bonds is 7. The van der Waals surface area contributed by atoms with Crippen molar-refractivity contribution in [3.63, 3.8) is 0 Å². The van der Waals surface area contributed by atoms with Crippen molar-refractivity contribution in [1.82, 2.24) is 19.5 Å². The first-order chi connectivity index (χ1) is 30.7. The highest BCUT2D eigenvalue weighted by molar-refractivity contribution is 6.24. The number of para-hydroxylation sites is 2. The Kier molecular flexibility index (Phi) is 8.42. The molecule has 0 fully saturated rings. The fourth-order valence-corrected chi connectivity index (χ4v) is 8.80. The molecule has 9 aromatic carbocycles. The Labute approximate surface area is 357 Å². The van der Waals surface area contributed by atoms with E-state index in [1.807, 2.05) is 12.1 Å². The standard InChI is InChI=1S/C57H36N4O/c1-4-12-37(13-5-1)39-20-26-42(27-21-39)55-58-56(43-28-22-40(23-29-43)38-14-6-2-7-15-38)60-57(59-55)44-30-24-41(25-31-44)45-32-33-49-52(36-45)62-51-35-34-48-47-18-10-11-19-50(47)61(54(48)53(49)51)46-16-8-3-9-17-46/h1-36H. The van der Waals surface area contributed by atoms with E-state index in [0.29, 0.717) is 17.5 Å². The van der Waals surface area contributed by atoms with Crippen molar-refractivity contribution in [3.05, 3.63) is 218 Å². The quantitative estimate of drug-likeness (QED) is 0.161. The molecule has 0 aliphatic rings. The van der Waals surface area contributed by atoms with E-state index < -0.39 is 0 Å². The Hall–Kier alpha value is -8.41. The smallest absolute Gasteiger partial charge is 0.164 e. The summed E-state index contributed by atoms with van der Waals surface area (Å²) in [5.74, 6) is 1.86. The fourth-order valence-electron chi connectivity index (χ4n) is 8.80. The van der Waals surface area contributed by atoms with Crippen molar-refractivity contribution >= 4 is 43.7 Å². The predicted octanol–water partition coefficient (Wildman–Crippen LogP) is 14.9. The van der Waals surface area contributed by atoms with E-state index >= 15 is 0 Å². The monoisotopic (exact) mass is 792 g/mol. The van der Waals surface area contributed by atoms with Crippen LogP contribution in [0, 0.1) is 0 Å². The van der Waals surface area contributed by atoms with Gasteiger partial charge in [0.05, 0.1) is 16.4 Å². The summed E-state index contributed by atoms with van der Waals surface area (Å²) in [6.07, 6.45) is 0. The Bertz CT molecular complexity index is 3480. The van der Waals surface area contributed by atoms with Crippen LogP contribution in [0.1, 0.15) is 0 Å². The van der Waals surface area contributed by atoms with Gasteiger partial charge in [0, 0.05) is 38.5 Å². The maximum atomic E-state index is 6.64. The molecule has 0 aliphatic heterocycles. The number of furan rings is 1. The first-order valence-corrected chi connectivity index (χ1v) is 20.8. The van der Waals surface area contributed by atoms with Crippen LogP contribution in [0.3, 0.4) is 0 Å². The van der Waals surface area contributed by atoms with Gasteiger partial charge >= 0.3 is 0 Å². The van der Waals surface area contributed by atoms with Gasteiger partial charge in [0.15, 0.2) is 17.5 Å². The molecular weight excluding hydrogens is 757 g/mol. The highest BCUT2D eigenvalue weighted by Crippen LogP contribution is 2.42. The number of benzene rings is 9. The summed E-state index contributed by atoms with van der Waals surface area (Å²) < 4.78 is 9.00. The Morgan fingerprint density at radius 2 is 0.726 bits per heavy atom. The van der Waals surface area contributed by atoms with E-state index in [4.69, 9.17) is 19.4 Å². The van der Waals surface area contributed by atoms with Crippen molar-refractivity contribution in [2.75, 3.05) is 0 Å². The van der Waals surface area contributed by atoms with Crippen molar-refractivity contribution in [2.45, 2.75) is 0 Å². The third kappa shape index (κ3) is 6.14. The Morgan fingerprint density at radius 1 is 0.306 bits per heavy atom. The zero-order chi connectivity index (χ0) is 41.0. The second-order valence-electron chi connectivity index (χ2n) is 15.6. The molecule has 12 aromatic rings. The second kappa shape index (κ2) is 14.7. The lowest BCUT2D eigenvalue weighted by molar-refractivity contribution is 0.669. The molecule has 0 radical (unpaired) electrons. The molecule has 0 saturated carbocycles. The lowest BCUT2D eigenvalue weighted by atomic mass is 10.0. The highest BCUT2D eigenvalue weighted by atomic mass is 16.3. The highest BCUT2D eigenvalue weighted by Gasteiger charge is 2.20. The molecular formula is C57H36N4O. The van der Waals surface area contributed by atoms with Gasteiger partial charge in [0.2, 0.25) is 0 Å². The van der Waals surface area contributed by atoms with Crippen LogP contribution >= 0.6 is 0 Å². The van der Waals surface area contributed by atoms with Crippen LogP contribution in [0.2, 0.25) is 0 Å². The van der Waals surface area contributed by atoms with Gasteiger partial charge < -0.3 is 8.98 Å². The molecule has 0 saturated heterocycles. The van der Waals surface area contributed by atoms with E-state index in [1.165, 1.54) is 27.4 Å². The molecule has 290 valence electrons. The summed E-state index contributed by atoms with van der Waals surface area (Å²) in [6, 6.07) is 76.2. The molecule has 0 atom stereocenters. The van der Waals surface area contributed by atoms with Gasteiger partial charge in [0.1, 0.15) is 11.2 Å². The van der Waals surface area contributed by atoms with Crippen LogP contribution in [0.4, 0.5) is 0 Å². The first kappa shape index (κ1) is 35.5. The van der Waals surface area contributed by atoms with E-state index in [-0.39, 0.29) is 0 Å². The summed E-state index contributed by atoms with van der Waals surface area (Å²) >= 11 is 0. The molecule has 3 heterocycles. The summed E-state index contributed by atoms with van der Waals surface area (Å²) in [5, 5.41) is 4.63. The summed E-state index contributed by atoms with van der Waals surface area (Å²) in [7, 11) is 0. The lowest BCUT2D eigenvalue weighted by Gasteiger charge is -2.10. The third-order valence-electron chi connectivity index (χ3n) is 11.9. The summed E-state index contributed by atoms with van der Waals surface area (Å²) in [6.45, 7) is 0. The van der Waals surface area contributed by atoms with Crippen LogP contribution < -0.4 is 0 Å². The van der Waals surface area contributed by atoms with Crippen LogP contribution in [-0.4, -0.2) is 19.5 Å². The average molecular weight is 793 g/mol. The minimum Gasteiger partial charge on any atom is -0.456 e. The van der Waals surface area contributed by atoms with Gasteiger partial charge in [-0.1, -0.05) is 176 Å². The summed E-state index contributed by atoms with van der Waals surface area (Å²) in [5.41, 5.74) is 14.7. The van der Waals surface area contributed by atoms with Gasteiger partial charge in [0.25, 0.3) is 0 Å². The molecule has 0 spiro atoms. The SMILES string of the molecule is c1ccc(-c2ccc(-c3nc(-c4ccc(-c5ccccc5)cc4)nc(-c4ccc(-c5ccc6c(c5)oc5ccc7c8ccccc8n(-c8ccccc8)c7c56)cc4)n3)cc2)cc1. The number of nitrogens with zero attached hydrogens (tertiary/aromatic N) is 4. The second-order valence-corrected chi connectivity index (χ2v) is 15.6. The van der Waals surface area contributed by atoms with Crippen molar-refractivity contribution in [2.24, 2.45) is 0 Å². The first-order valence-electron chi connectivity index (χ1n) is 20.8. The van der Waals surface area contributed by atoms with E-state index in [9.17, 15) is 0 Å². The molecule has 5 nitrogen and oxygen atoms in total. The fraction of sp³-hybridized carbons (Fsp3) is 0. The molecule has 0 aliphatic carbocycles. The van der Waals surface area contributed by atoms with Gasteiger partial charge in [-0.3, -0.25) is 0 Å². The lowest BCUT2D eigenvalue weighted by Crippen LogP contribution is -2.00. The van der Waals surface area contributed by atoms with Crippen molar-refractivity contribution in [3.8, 4) is 73.2 Å². The average Bonchev–Trinajstić information content (AvgIpc) is 3.90. The van der Waals surface area contributed by atoms with Crippen LogP contribution in [0.15, 0.2) is 223 Å². The maximum absolute atomic E-state index is 6.64. The molecule has 0 N–H and O–H groups in total. The van der Waals surface area contributed by atoms with Gasteiger partial charge in [-0.15, -0.1) is 0 Å². The largest absolute Gasteiger partial charge is 0.456 e. The Balaban J connectivity index is 0.926. The molecule has 0 unspecified atom stereocenters. The topological polar surface area (TPSA) is 56.7 Å². The molecule has 5 heteroatoms. The molecule has 3 aromatic heterocycles. The normalized spacial score (nSPS) is 11.5. The molecule has 0 bridgehead atoms. The number of hydrogen-bond acceptors (Lipinski definition) is 4. The zero-order valence-corrected chi connectivity index (χ0v) is 33.5. The van der Waals surface area contributed by atoms with Crippen LogP contribution in [0.25, 0.3) is 117 Å². The Morgan fingerprint density at radius 3 is 1.27 bits per heavy atom. The zero-order valence-electron chi connectivity index (χ0n) is 33.5. The van der Waals surface area contributed by atoms with E-state index in [2.05, 4.69) is 211 Å².